The normalized spacial score (nSPS) is 26.8. The molecule has 4 nitrogen and oxygen atoms in total. The first-order valence-electron chi connectivity index (χ1n) is 10.4. The third-order valence-corrected chi connectivity index (χ3v) is 6.53. The first-order valence-corrected chi connectivity index (χ1v) is 10.4. The molecule has 2 unspecified atom stereocenters. The van der Waals surface area contributed by atoms with Gasteiger partial charge < -0.3 is 9.30 Å². The van der Waals surface area contributed by atoms with E-state index in [0.29, 0.717) is 17.4 Å². The molecule has 2 aromatic rings. The van der Waals surface area contributed by atoms with Gasteiger partial charge in [-0.05, 0) is 75.3 Å². The number of hydrogen-bond donors (Lipinski definition) is 0. The van der Waals surface area contributed by atoms with E-state index in [2.05, 4.69) is 22.8 Å². The van der Waals surface area contributed by atoms with Crippen molar-refractivity contribution in [1.29, 1.82) is 0 Å². The number of cyclic esters (lactones) is 2. The highest BCUT2D eigenvalue weighted by atomic mass is 16.6. The van der Waals surface area contributed by atoms with E-state index in [4.69, 9.17) is 4.74 Å². The van der Waals surface area contributed by atoms with Crippen LogP contribution in [0.3, 0.4) is 0 Å². The molecule has 1 aliphatic heterocycles. The number of carbonyl (C=O) groups is 2. The van der Waals surface area contributed by atoms with Crippen molar-refractivity contribution < 1.29 is 14.3 Å². The Hall–Kier alpha value is -2.88. The first kappa shape index (κ1) is 18.2. The van der Waals surface area contributed by atoms with Crippen LogP contribution in [0.15, 0.2) is 59.2 Å². The summed E-state index contributed by atoms with van der Waals surface area (Å²) in [4.78, 5) is 25.7. The number of benzene rings is 1. The lowest BCUT2D eigenvalue weighted by Gasteiger charge is -2.14. The zero-order valence-corrected chi connectivity index (χ0v) is 17.1. The molecule has 5 rings (SSSR count). The van der Waals surface area contributed by atoms with Gasteiger partial charge in [-0.15, -0.1) is 0 Å². The van der Waals surface area contributed by atoms with E-state index in [1.807, 2.05) is 45.0 Å². The molecule has 4 heteroatoms. The van der Waals surface area contributed by atoms with Crippen molar-refractivity contribution in [1.82, 2.24) is 4.57 Å². The van der Waals surface area contributed by atoms with Crippen LogP contribution in [-0.2, 0) is 14.3 Å². The van der Waals surface area contributed by atoms with Crippen molar-refractivity contribution in [2.45, 2.75) is 46.0 Å². The van der Waals surface area contributed by atoms with Crippen LogP contribution in [0.1, 0.15) is 49.1 Å². The Morgan fingerprint density at radius 3 is 2.48 bits per heavy atom. The van der Waals surface area contributed by atoms with Crippen molar-refractivity contribution in [3.63, 3.8) is 0 Å². The van der Waals surface area contributed by atoms with E-state index in [0.717, 1.165) is 41.9 Å². The summed E-state index contributed by atoms with van der Waals surface area (Å²) in [5.41, 5.74) is 7.13. The van der Waals surface area contributed by atoms with E-state index >= 15 is 0 Å². The minimum atomic E-state index is -0.611. The molecule has 2 heterocycles. The number of hydrogen-bond acceptors (Lipinski definition) is 3. The van der Waals surface area contributed by atoms with Gasteiger partial charge in [-0.25, -0.2) is 4.79 Å². The Kier molecular flexibility index (Phi) is 4.12. The molecule has 0 N–H and O–H groups in total. The number of aromatic nitrogens is 1. The van der Waals surface area contributed by atoms with Crippen LogP contribution in [0.5, 0.6) is 0 Å². The molecule has 29 heavy (non-hydrogen) atoms. The molecule has 0 radical (unpaired) electrons. The van der Waals surface area contributed by atoms with E-state index in [1.165, 1.54) is 11.1 Å². The van der Waals surface area contributed by atoms with Gasteiger partial charge in [-0.2, -0.15) is 0 Å². The number of esters is 2. The summed E-state index contributed by atoms with van der Waals surface area (Å²) >= 11 is 0. The predicted octanol–water partition coefficient (Wildman–Crippen LogP) is 4.93. The zero-order chi connectivity index (χ0) is 20.3. The van der Waals surface area contributed by atoms with Crippen molar-refractivity contribution in [3.8, 4) is 5.69 Å². The summed E-state index contributed by atoms with van der Waals surface area (Å²) in [6.45, 7) is 6.11. The fraction of sp³-hybridized carbons (Fsp3) is 0.360. The second-order valence-corrected chi connectivity index (χ2v) is 8.40. The van der Waals surface area contributed by atoms with Crippen molar-refractivity contribution in [2.75, 3.05) is 0 Å². The van der Waals surface area contributed by atoms with Gasteiger partial charge in [0.2, 0.25) is 0 Å². The maximum absolute atomic E-state index is 12.8. The highest BCUT2D eigenvalue weighted by Crippen LogP contribution is 2.56. The molecule has 2 atom stereocenters. The number of nitrogens with zero attached hydrogens (tertiary/aromatic N) is 1. The Morgan fingerprint density at radius 1 is 1.14 bits per heavy atom. The third-order valence-electron chi connectivity index (χ3n) is 6.53. The molecule has 3 aliphatic rings. The van der Waals surface area contributed by atoms with Gasteiger partial charge in [0.25, 0.3) is 0 Å². The molecular weight excluding hydrogens is 362 g/mol. The SMILES string of the molecule is CC=C1CC1/C(=C1/C(=O)OC(=O)C1c1cc(C)n(-c2ccccc2)c1C)C1CC1. The third kappa shape index (κ3) is 2.89. The van der Waals surface area contributed by atoms with Crippen LogP contribution in [-0.4, -0.2) is 16.5 Å². The number of aryl methyl sites for hydroxylation is 1. The topological polar surface area (TPSA) is 48.3 Å². The van der Waals surface area contributed by atoms with Gasteiger partial charge in [0.05, 0.1) is 5.57 Å². The van der Waals surface area contributed by atoms with Crippen LogP contribution in [0.2, 0.25) is 0 Å². The van der Waals surface area contributed by atoms with Crippen LogP contribution in [0, 0.1) is 25.7 Å². The summed E-state index contributed by atoms with van der Waals surface area (Å²) in [6.07, 6.45) is 5.35. The molecular formula is C25H25NO3. The maximum atomic E-state index is 12.8. The molecule has 0 amide bonds. The van der Waals surface area contributed by atoms with E-state index in [-0.39, 0.29) is 0 Å². The van der Waals surface area contributed by atoms with Crippen LogP contribution < -0.4 is 0 Å². The summed E-state index contributed by atoms with van der Waals surface area (Å²) in [5, 5.41) is 0. The fourth-order valence-corrected chi connectivity index (χ4v) is 4.95. The number of rotatable bonds is 4. The lowest BCUT2D eigenvalue weighted by atomic mass is 9.86. The van der Waals surface area contributed by atoms with Crippen LogP contribution in [0.4, 0.5) is 0 Å². The molecule has 3 fully saturated rings. The molecule has 2 saturated carbocycles. The van der Waals surface area contributed by atoms with Crippen molar-refractivity contribution in [3.05, 3.63) is 76.1 Å². The summed E-state index contributed by atoms with van der Waals surface area (Å²) in [5.74, 6) is -0.736. The summed E-state index contributed by atoms with van der Waals surface area (Å²) in [7, 11) is 0. The largest absolute Gasteiger partial charge is 0.389 e. The quantitative estimate of drug-likeness (QED) is 0.323. The minimum Gasteiger partial charge on any atom is -0.389 e. The lowest BCUT2D eigenvalue weighted by Crippen LogP contribution is -2.12. The van der Waals surface area contributed by atoms with E-state index in [9.17, 15) is 9.59 Å². The molecule has 148 valence electrons. The minimum absolute atomic E-state index is 0.320. The Labute approximate surface area is 170 Å². The molecule has 1 aromatic heterocycles. The van der Waals surface area contributed by atoms with Gasteiger partial charge in [-0.3, -0.25) is 4.79 Å². The van der Waals surface area contributed by atoms with Gasteiger partial charge >= 0.3 is 11.9 Å². The van der Waals surface area contributed by atoms with Gasteiger partial charge in [0.1, 0.15) is 5.92 Å². The van der Waals surface area contributed by atoms with Gasteiger partial charge in [-0.1, -0.05) is 29.8 Å². The Bertz CT molecular complexity index is 1080. The standard InChI is InChI=1S/C25H25NO3/c1-4-16-13-20(16)21(17-10-11-17)23-22(24(27)29-25(23)28)19-12-14(2)26(15(19)3)18-8-6-5-7-9-18/h4-9,12,17,20,22H,10-11,13H2,1-3H3/b16-4?,23-21+. The number of carbonyl (C=O) groups excluding carboxylic acids is 2. The van der Waals surface area contributed by atoms with Gasteiger partial charge in [0.15, 0.2) is 0 Å². The smallest absolute Gasteiger partial charge is 0.342 e. The Balaban J connectivity index is 1.66. The highest BCUT2D eigenvalue weighted by Gasteiger charge is 2.50. The van der Waals surface area contributed by atoms with E-state index in [1.54, 1.807) is 0 Å². The second kappa shape index (κ2) is 6.58. The molecule has 1 aromatic carbocycles. The van der Waals surface area contributed by atoms with Gasteiger partial charge in [0, 0.05) is 23.0 Å². The first-order chi connectivity index (χ1) is 14.0. The van der Waals surface area contributed by atoms with Crippen molar-refractivity contribution in [2.24, 2.45) is 11.8 Å². The van der Waals surface area contributed by atoms with E-state index < -0.39 is 17.9 Å². The fourth-order valence-electron chi connectivity index (χ4n) is 4.95. The average Bonchev–Trinajstić information content (AvgIpc) is 3.61. The summed E-state index contributed by atoms with van der Waals surface area (Å²) in [6, 6.07) is 12.1. The molecule has 1 saturated heterocycles. The number of para-hydroxylation sites is 1. The second-order valence-electron chi connectivity index (χ2n) is 8.40. The average molecular weight is 387 g/mol. The molecule has 2 aliphatic carbocycles. The Morgan fingerprint density at radius 2 is 1.86 bits per heavy atom. The monoisotopic (exact) mass is 387 g/mol. The lowest BCUT2D eigenvalue weighted by molar-refractivity contribution is -0.151. The molecule has 0 bridgehead atoms. The molecule has 0 spiro atoms. The maximum Gasteiger partial charge on any atom is 0.342 e. The summed E-state index contributed by atoms with van der Waals surface area (Å²) < 4.78 is 7.34. The number of ether oxygens (including phenoxy) is 1. The predicted molar refractivity (Wildman–Crippen MR) is 111 cm³/mol. The number of allylic oxidation sites excluding steroid dienone is 3. The van der Waals surface area contributed by atoms with Crippen LogP contribution in [0.25, 0.3) is 5.69 Å². The zero-order valence-electron chi connectivity index (χ0n) is 17.1. The van der Waals surface area contributed by atoms with Crippen LogP contribution >= 0.6 is 0 Å². The highest BCUT2D eigenvalue weighted by molar-refractivity contribution is 6.11. The van der Waals surface area contributed by atoms with Crippen molar-refractivity contribution >= 4 is 11.9 Å².